The van der Waals surface area contributed by atoms with Gasteiger partial charge in [-0.25, -0.2) is 5.01 Å². The highest BCUT2D eigenvalue weighted by atomic mass is 16.5. The third-order valence-electron chi connectivity index (χ3n) is 6.13. The molecular formula is C28H29N3O3. The lowest BCUT2D eigenvalue weighted by Crippen LogP contribution is -2.47. The summed E-state index contributed by atoms with van der Waals surface area (Å²) in [6, 6.07) is 15.3. The van der Waals surface area contributed by atoms with E-state index in [1.165, 1.54) is 0 Å². The predicted octanol–water partition coefficient (Wildman–Crippen LogP) is 3.90. The van der Waals surface area contributed by atoms with Gasteiger partial charge in [0, 0.05) is 24.4 Å². The second-order valence-corrected chi connectivity index (χ2v) is 8.75. The molecule has 174 valence electrons. The lowest BCUT2D eigenvalue weighted by Gasteiger charge is -2.38. The first-order valence-electron chi connectivity index (χ1n) is 11.6. The number of methoxy groups -OCH3 is 1. The van der Waals surface area contributed by atoms with Gasteiger partial charge < -0.3 is 10.1 Å². The van der Waals surface area contributed by atoms with Crippen LogP contribution in [0.25, 0.3) is 0 Å². The minimum absolute atomic E-state index is 0.0240. The van der Waals surface area contributed by atoms with Crippen LogP contribution >= 0.6 is 0 Å². The van der Waals surface area contributed by atoms with Gasteiger partial charge in [0.2, 0.25) is 5.91 Å². The third-order valence-corrected chi connectivity index (χ3v) is 6.13. The molecule has 0 spiro atoms. The van der Waals surface area contributed by atoms with E-state index in [0.29, 0.717) is 17.9 Å². The molecule has 0 radical (unpaired) electrons. The van der Waals surface area contributed by atoms with Gasteiger partial charge in [-0.3, -0.25) is 9.59 Å². The highest BCUT2D eigenvalue weighted by Crippen LogP contribution is 2.36. The number of nitrogens with zero attached hydrogens (tertiary/aromatic N) is 2. The number of fused-ring (bicyclic) bond motifs is 1. The maximum Gasteiger partial charge on any atom is 0.296 e. The molecule has 1 heterocycles. The summed E-state index contributed by atoms with van der Waals surface area (Å²) in [5.74, 6) is 5.84. The van der Waals surface area contributed by atoms with E-state index in [-0.39, 0.29) is 29.7 Å². The number of allylic oxidation sites excluding steroid dienone is 2. The molecule has 1 aliphatic carbocycles. The summed E-state index contributed by atoms with van der Waals surface area (Å²) >= 11 is 0. The van der Waals surface area contributed by atoms with E-state index in [9.17, 15) is 9.59 Å². The van der Waals surface area contributed by atoms with Crippen LogP contribution in [0.1, 0.15) is 43.4 Å². The third kappa shape index (κ3) is 5.04. The maximum atomic E-state index is 13.0. The van der Waals surface area contributed by atoms with E-state index in [1.807, 2.05) is 62.4 Å². The molecule has 0 aromatic heterocycles. The number of hydrogen-bond acceptors (Lipinski definition) is 4. The van der Waals surface area contributed by atoms with E-state index in [0.717, 1.165) is 29.7 Å². The summed E-state index contributed by atoms with van der Waals surface area (Å²) < 4.78 is 5.48. The van der Waals surface area contributed by atoms with Gasteiger partial charge in [0.25, 0.3) is 5.91 Å². The van der Waals surface area contributed by atoms with Crippen LogP contribution in [0, 0.1) is 23.7 Å². The molecule has 6 nitrogen and oxygen atoms in total. The quantitative estimate of drug-likeness (QED) is 0.549. The van der Waals surface area contributed by atoms with Gasteiger partial charge in [-0.05, 0) is 56.0 Å². The van der Waals surface area contributed by atoms with Crippen molar-refractivity contribution in [2.45, 2.75) is 39.3 Å². The zero-order valence-electron chi connectivity index (χ0n) is 19.7. The van der Waals surface area contributed by atoms with Crippen LogP contribution in [0.3, 0.4) is 0 Å². The second-order valence-electron chi connectivity index (χ2n) is 8.75. The van der Waals surface area contributed by atoms with Crippen LogP contribution in [-0.2, 0) is 16.1 Å². The Kier molecular flexibility index (Phi) is 7.12. The van der Waals surface area contributed by atoms with Crippen molar-refractivity contribution < 1.29 is 14.3 Å². The molecule has 0 bridgehead atoms. The molecule has 2 amide bonds. The first-order chi connectivity index (χ1) is 16.5. The fourth-order valence-corrected chi connectivity index (χ4v) is 4.35. The maximum absolute atomic E-state index is 13.0. The zero-order chi connectivity index (χ0) is 24.1. The molecule has 2 atom stereocenters. The molecular weight excluding hydrogens is 426 g/mol. The molecule has 0 saturated heterocycles. The minimum Gasteiger partial charge on any atom is -0.495 e. The van der Waals surface area contributed by atoms with Crippen molar-refractivity contribution in [2.75, 3.05) is 7.11 Å². The Morgan fingerprint density at radius 2 is 1.88 bits per heavy atom. The fourth-order valence-electron chi connectivity index (χ4n) is 4.35. The lowest BCUT2D eigenvalue weighted by molar-refractivity contribution is -0.139. The molecule has 4 rings (SSSR count). The molecule has 0 unspecified atom stereocenters. The fraction of sp³-hybridized carbons (Fsp3) is 0.321. The van der Waals surface area contributed by atoms with E-state index in [1.54, 1.807) is 12.1 Å². The number of amides is 2. The Labute approximate surface area is 200 Å². The van der Waals surface area contributed by atoms with Crippen molar-refractivity contribution in [3.63, 3.8) is 0 Å². The van der Waals surface area contributed by atoms with Gasteiger partial charge in [-0.2, -0.15) is 5.10 Å². The zero-order valence-corrected chi connectivity index (χ0v) is 19.7. The Balaban J connectivity index is 1.61. The highest BCUT2D eigenvalue weighted by molar-refractivity contribution is 6.07. The monoisotopic (exact) mass is 455 g/mol. The number of benzene rings is 2. The Morgan fingerprint density at radius 1 is 1.15 bits per heavy atom. The van der Waals surface area contributed by atoms with Crippen molar-refractivity contribution in [1.29, 1.82) is 0 Å². The molecule has 0 saturated carbocycles. The van der Waals surface area contributed by atoms with Crippen LogP contribution in [-0.4, -0.2) is 35.7 Å². The Bertz CT molecular complexity index is 1190. The first kappa shape index (κ1) is 23.3. The lowest BCUT2D eigenvalue weighted by atomic mass is 9.76. The molecule has 2 aromatic rings. The Morgan fingerprint density at radius 3 is 2.59 bits per heavy atom. The smallest absolute Gasteiger partial charge is 0.296 e. The second kappa shape index (κ2) is 10.4. The number of hydrazone groups is 1. The summed E-state index contributed by atoms with van der Waals surface area (Å²) in [6.07, 6.45) is 5.70. The average Bonchev–Trinajstić information content (AvgIpc) is 2.87. The van der Waals surface area contributed by atoms with E-state index >= 15 is 0 Å². The van der Waals surface area contributed by atoms with E-state index in [2.05, 4.69) is 29.3 Å². The van der Waals surface area contributed by atoms with Crippen molar-refractivity contribution in [2.24, 2.45) is 16.9 Å². The summed E-state index contributed by atoms with van der Waals surface area (Å²) in [5.41, 5.74) is 3.38. The SMILES string of the molecule is COc1ccc(C2=NN(C(C)C)C(=O)[C@H]3CC=CC[C@@H]23)cc1C#CC(=O)NCc1ccccc1. The van der Waals surface area contributed by atoms with Gasteiger partial charge >= 0.3 is 0 Å². The molecule has 2 aliphatic rings. The number of nitrogens with one attached hydrogen (secondary N) is 1. The average molecular weight is 456 g/mol. The number of carbonyl (C=O) groups is 2. The van der Waals surface area contributed by atoms with Gasteiger partial charge in [-0.1, -0.05) is 48.4 Å². The van der Waals surface area contributed by atoms with Crippen LogP contribution in [0.5, 0.6) is 5.75 Å². The topological polar surface area (TPSA) is 71.0 Å². The molecule has 6 heteroatoms. The van der Waals surface area contributed by atoms with Gasteiger partial charge in [0.1, 0.15) is 5.75 Å². The van der Waals surface area contributed by atoms with Gasteiger partial charge in [-0.15, -0.1) is 0 Å². The van der Waals surface area contributed by atoms with Crippen molar-refractivity contribution in [3.8, 4) is 17.6 Å². The van der Waals surface area contributed by atoms with E-state index in [4.69, 9.17) is 9.84 Å². The molecule has 1 N–H and O–H groups in total. The summed E-state index contributed by atoms with van der Waals surface area (Å²) in [6.45, 7) is 4.35. The largest absolute Gasteiger partial charge is 0.495 e. The highest BCUT2D eigenvalue weighted by Gasteiger charge is 2.40. The van der Waals surface area contributed by atoms with Crippen LogP contribution < -0.4 is 10.1 Å². The van der Waals surface area contributed by atoms with Crippen LogP contribution in [0.15, 0.2) is 65.8 Å². The summed E-state index contributed by atoms with van der Waals surface area (Å²) in [4.78, 5) is 25.3. The van der Waals surface area contributed by atoms with Crippen molar-refractivity contribution >= 4 is 17.5 Å². The van der Waals surface area contributed by atoms with Crippen LogP contribution in [0.2, 0.25) is 0 Å². The Hall–Kier alpha value is -3.85. The van der Waals surface area contributed by atoms with Crippen molar-refractivity contribution in [1.82, 2.24) is 10.3 Å². The molecule has 34 heavy (non-hydrogen) atoms. The summed E-state index contributed by atoms with van der Waals surface area (Å²) in [5, 5.41) is 9.19. The first-order valence-corrected chi connectivity index (χ1v) is 11.6. The molecule has 0 fully saturated rings. The molecule has 2 aromatic carbocycles. The van der Waals surface area contributed by atoms with Crippen molar-refractivity contribution in [3.05, 3.63) is 77.4 Å². The number of carbonyl (C=O) groups excluding carboxylic acids is 2. The number of hydrogen-bond donors (Lipinski definition) is 1. The predicted molar refractivity (Wildman–Crippen MR) is 132 cm³/mol. The van der Waals surface area contributed by atoms with Gasteiger partial charge in [0.05, 0.1) is 24.3 Å². The number of ether oxygens (including phenoxy) is 1. The van der Waals surface area contributed by atoms with E-state index < -0.39 is 0 Å². The minimum atomic E-state index is -0.361. The normalized spacial score (nSPS) is 19.1. The van der Waals surface area contributed by atoms with Crippen LogP contribution in [0.4, 0.5) is 0 Å². The van der Waals surface area contributed by atoms with Gasteiger partial charge in [0.15, 0.2) is 0 Å². The summed E-state index contributed by atoms with van der Waals surface area (Å²) in [7, 11) is 1.58. The molecule has 1 aliphatic heterocycles. The number of rotatable bonds is 5. The standard InChI is InChI=1S/C28H29N3O3/c1-19(2)31-28(33)24-12-8-7-11-23(24)27(30-31)22-13-15-25(34-3)21(17-22)14-16-26(32)29-18-20-9-5-4-6-10-20/h4-10,13,15,17,19,23-24H,11-12,18H2,1-3H3,(H,29,32)/t23-,24+/m1/s1.